The van der Waals surface area contributed by atoms with Crippen molar-refractivity contribution in [2.24, 2.45) is 0 Å². The molecule has 0 aliphatic carbocycles. The van der Waals surface area contributed by atoms with Gasteiger partial charge in [0.25, 0.3) is 0 Å². The van der Waals surface area contributed by atoms with Crippen LogP contribution in [0.4, 0.5) is 0 Å². The number of rotatable bonds is 7. The maximum absolute atomic E-state index is 12.5. The Morgan fingerprint density at radius 3 is 2.42 bits per heavy atom. The Morgan fingerprint density at radius 1 is 1.12 bits per heavy atom. The molecule has 2 aromatic carbocycles. The van der Waals surface area contributed by atoms with Gasteiger partial charge in [0.1, 0.15) is 0 Å². The number of nitrogens with zero attached hydrogens (tertiary/aromatic N) is 1. The van der Waals surface area contributed by atoms with Crippen LogP contribution in [0.1, 0.15) is 29.7 Å². The molecule has 4 heteroatoms. The van der Waals surface area contributed by atoms with Gasteiger partial charge in [-0.1, -0.05) is 54.6 Å². The number of hydrogen-bond acceptors (Lipinski definition) is 3. The van der Waals surface area contributed by atoms with E-state index in [4.69, 9.17) is 0 Å². The molecule has 128 valence electrons. The number of carbonyl (C=O) groups excluding carboxylic acids is 1. The van der Waals surface area contributed by atoms with E-state index in [1.807, 2.05) is 56.4 Å². The topological polar surface area (TPSA) is 40.5 Å². The second kappa shape index (κ2) is 8.90. The van der Waals surface area contributed by atoms with Crippen LogP contribution in [0.25, 0.3) is 0 Å². The fourth-order valence-corrected chi connectivity index (χ4v) is 3.50. The molecule has 24 heavy (non-hydrogen) atoms. The maximum Gasteiger partial charge on any atom is 0.235 e. The SMILES string of the molecule is Cc1ccccc1CN(C)C(=O)C(C)SCC(O)c1ccccc1. The Hall–Kier alpha value is -1.78. The molecular weight excluding hydrogens is 318 g/mol. The quantitative estimate of drug-likeness (QED) is 0.831. The lowest BCUT2D eigenvalue weighted by molar-refractivity contribution is -0.129. The van der Waals surface area contributed by atoms with Gasteiger partial charge in [0.05, 0.1) is 11.4 Å². The van der Waals surface area contributed by atoms with Gasteiger partial charge in [0.15, 0.2) is 0 Å². The summed E-state index contributed by atoms with van der Waals surface area (Å²) in [6.07, 6.45) is -0.548. The summed E-state index contributed by atoms with van der Waals surface area (Å²) >= 11 is 1.49. The Balaban J connectivity index is 1.86. The summed E-state index contributed by atoms with van der Waals surface area (Å²) < 4.78 is 0. The highest BCUT2D eigenvalue weighted by Crippen LogP contribution is 2.22. The van der Waals surface area contributed by atoms with Gasteiger partial charge in [0, 0.05) is 19.3 Å². The van der Waals surface area contributed by atoms with Crippen LogP contribution in [0, 0.1) is 6.92 Å². The maximum atomic E-state index is 12.5. The van der Waals surface area contributed by atoms with Crippen molar-refractivity contribution in [1.82, 2.24) is 4.90 Å². The summed E-state index contributed by atoms with van der Waals surface area (Å²) in [7, 11) is 1.83. The number of aliphatic hydroxyl groups excluding tert-OH is 1. The van der Waals surface area contributed by atoms with Gasteiger partial charge in [-0.3, -0.25) is 4.79 Å². The van der Waals surface area contributed by atoms with Gasteiger partial charge in [-0.15, -0.1) is 11.8 Å². The smallest absolute Gasteiger partial charge is 0.235 e. The third-order valence-corrected chi connectivity index (χ3v) is 5.29. The Labute approximate surface area is 148 Å². The van der Waals surface area contributed by atoms with Crippen molar-refractivity contribution in [3.63, 3.8) is 0 Å². The van der Waals surface area contributed by atoms with Crippen LogP contribution in [0.5, 0.6) is 0 Å². The molecule has 2 aromatic rings. The van der Waals surface area contributed by atoms with Crippen molar-refractivity contribution in [3.05, 3.63) is 71.3 Å². The molecule has 0 saturated heterocycles. The number of benzene rings is 2. The molecule has 2 rings (SSSR count). The second-order valence-electron chi connectivity index (χ2n) is 6.02. The van der Waals surface area contributed by atoms with Gasteiger partial charge in [-0.2, -0.15) is 0 Å². The van der Waals surface area contributed by atoms with Crippen molar-refractivity contribution in [1.29, 1.82) is 0 Å². The molecule has 3 nitrogen and oxygen atoms in total. The lowest BCUT2D eigenvalue weighted by Gasteiger charge is -2.23. The summed E-state index contributed by atoms with van der Waals surface area (Å²) in [5.74, 6) is 0.596. The van der Waals surface area contributed by atoms with E-state index in [0.29, 0.717) is 12.3 Å². The van der Waals surface area contributed by atoms with Gasteiger partial charge in [-0.05, 0) is 30.5 Å². The molecule has 1 amide bonds. The second-order valence-corrected chi connectivity index (χ2v) is 7.40. The summed E-state index contributed by atoms with van der Waals surface area (Å²) in [5, 5.41) is 10.0. The molecule has 0 spiro atoms. The van der Waals surface area contributed by atoms with E-state index in [-0.39, 0.29) is 11.2 Å². The summed E-state index contributed by atoms with van der Waals surface area (Å²) in [6.45, 7) is 4.57. The number of aryl methyl sites for hydroxylation is 1. The molecule has 0 aliphatic rings. The first kappa shape index (κ1) is 18.6. The van der Waals surface area contributed by atoms with Crippen LogP contribution in [0.3, 0.4) is 0 Å². The van der Waals surface area contributed by atoms with E-state index < -0.39 is 6.10 Å². The highest BCUT2D eigenvalue weighted by molar-refractivity contribution is 8.00. The summed E-state index contributed by atoms with van der Waals surface area (Å²) in [6, 6.07) is 17.7. The van der Waals surface area contributed by atoms with Crippen LogP contribution >= 0.6 is 11.8 Å². The minimum Gasteiger partial charge on any atom is -0.388 e. The number of aliphatic hydroxyl groups is 1. The van der Waals surface area contributed by atoms with E-state index in [1.54, 1.807) is 4.90 Å². The van der Waals surface area contributed by atoms with Gasteiger partial charge in [0.2, 0.25) is 5.91 Å². The number of hydrogen-bond donors (Lipinski definition) is 1. The lowest BCUT2D eigenvalue weighted by Crippen LogP contribution is -2.33. The van der Waals surface area contributed by atoms with Crippen molar-refractivity contribution < 1.29 is 9.90 Å². The van der Waals surface area contributed by atoms with Crippen molar-refractivity contribution >= 4 is 17.7 Å². The minimum atomic E-state index is -0.548. The average Bonchev–Trinajstić information content (AvgIpc) is 2.61. The molecule has 0 aliphatic heterocycles. The van der Waals surface area contributed by atoms with E-state index >= 15 is 0 Å². The lowest BCUT2D eigenvalue weighted by atomic mass is 10.1. The van der Waals surface area contributed by atoms with Crippen LogP contribution in [0.2, 0.25) is 0 Å². The van der Waals surface area contributed by atoms with Crippen LogP contribution in [0.15, 0.2) is 54.6 Å². The molecule has 0 heterocycles. The van der Waals surface area contributed by atoms with Crippen LogP contribution in [-0.4, -0.2) is 34.0 Å². The highest BCUT2D eigenvalue weighted by atomic mass is 32.2. The third-order valence-electron chi connectivity index (χ3n) is 4.08. The van der Waals surface area contributed by atoms with Crippen LogP contribution < -0.4 is 0 Å². The zero-order chi connectivity index (χ0) is 17.5. The molecule has 0 radical (unpaired) electrons. The molecule has 0 saturated carbocycles. The molecular formula is C20H25NO2S. The molecule has 0 fully saturated rings. The van der Waals surface area contributed by atoms with E-state index in [0.717, 1.165) is 11.1 Å². The summed E-state index contributed by atoms with van der Waals surface area (Å²) in [5.41, 5.74) is 3.24. The average molecular weight is 343 g/mol. The standard InChI is InChI=1S/C20H25NO2S/c1-15-9-7-8-12-18(15)13-21(3)20(23)16(2)24-14-19(22)17-10-5-4-6-11-17/h4-12,16,19,22H,13-14H2,1-3H3. The van der Waals surface area contributed by atoms with Crippen molar-refractivity contribution in [2.45, 2.75) is 31.7 Å². The van der Waals surface area contributed by atoms with Crippen LogP contribution in [-0.2, 0) is 11.3 Å². The largest absolute Gasteiger partial charge is 0.388 e. The highest BCUT2D eigenvalue weighted by Gasteiger charge is 2.20. The molecule has 2 atom stereocenters. The first-order valence-electron chi connectivity index (χ1n) is 8.13. The van der Waals surface area contributed by atoms with Gasteiger partial charge in [-0.25, -0.2) is 0 Å². The molecule has 0 bridgehead atoms. The zero-order valence-corrected chi connectivity index (χ0v) is 15.3. The molecule has 2 unspecified atom stereocenters. The fourth-order valence-electron chi connectivity index (χ4n) is 2.51. The predicted octanol–water partition coefficient (Wildman–Crippen LogP) is 3.81. The minimum absolute atomic E-state index is 0.0866. The number of thioether (sulfide) groups is 1. The Kier molecular flexibility index (Phi) is 6.88. The Bertz CT molecular complexity index is 660. The zero-order valence-electron chi connectivity index (χ0n) is 14.5. The summed E-state index contributed by atoms with van der Waals surface area (Å²) in [4.78, 5) is 14.3. The Morgan fingerprint density at radius 2 is 1.75 bits per heavy atom. The number of carbonyl (C=O) groups is 1. The fraction of sp³-hybridized carbons (Fsp3) is 0.350. The first-order valence-corrected chi connectivity index (χ1v) is 9.18. The van der Waals surface area contributed by atoms with Gasteiger partial charge < -0.3 is 10.0 Å². The van der Waals surface area contributed by atoms with E-state index in [2.05, 4.69) is 19.1 Å². The monoisotopic (exact) mass is 343 g/mol. The number of amides is 1. The van der Waals surface area contributed by atoms with Gasteiger partial charge >= 0.3 is 0 Å². The van der Waals surface area contributed by atoms with Crippen molar-refractivity contribution in [2.75, 3.05) is 12.8 Å². The first-order chi connectivity index (χ1) is 11.5. The van der Waals surface area contributed by atoms with Crippen molar-refractivity contribution in [3.8, 4) is 0 Å². The third kappa shape index (κ3) is 5.11. The molecule has 1 N–H and O–H groups in total. The molecule has 0 aromatic heterocycles. The normalized spacial score (nSPS) is 13.3. The van der Waals surface area contributed by atoms with E-state index in [1.165, 1.54) is 17.3 Å². The van der Waals surface area contributed by atoms with E-state index in [9.17, 15) is 9.90 Å². The predicted molar refractivity (Wildman–Crippen MR) is 101 cm³/mol.